The molecule has 4 atom stereocenters. The molecular weight excluding hydrogens is 368 g/mol. The van der Waals surface area contributed by atoms with Gasteiger partial charge in [0.25, 0.3) is 0 Å². The van der Waals surface area contributed by atoms with Crippen LogP contribution in [0.4, 0.5) is 0 Å². The second-order valence-corrected chi connectivity index (χ2v) is 6.17. The molecule has 1 saturated heterocycles. The molecule has 11 nitrogen and oxygen atoms in total. The molecule has 4 unspecified atom stereocenters. The van der Waals surface area contributed by atoms with E-state index in [9.17, 15) is 24.3 Å². The van der Waals surface area contributed by atoms with Crippen LogP contribution in [0.5, 0.6) is 0 Å². The number of carboxylic acids is 1. The summed E-state index contributed by atoms with van der Waals surface area (Å²) in [4.78, 5) is 48.7. The molecule has 0 spiro atoms. The predicted molar refractivity (Wildman–Crippen MR) is 92.2 cm³/mol. The second kappa shape index (κ2) is 10.3. The van der Waals surface area contributed by atoms with Gasteiger partial charge in [0.1, 0.15) is 18.1 Å². The lowest BCUT2D eigenvalue weighted by atomic mass is 10.1. The van der Waals surface area contributed by atoms with Crippen molar-refractivity contribution < 1.29 is 34.5 Å². The SMILES string of the molecule is NC(CS)C(=O)N1CCCC1C(=O)NC(CO)C(=O)NC(CO)C(=O)O. The average Bonchev–Trinajstić information content (AvgIpc) is 3.11. The zero-order chi connectivity index (χ0) is 19.9. The van der Waals surface area contributed by atoms with Crippen LogP contribution in [0.15, 0.2) is 0 Å². The van der Waals surface area contributed by atoms with Crippen molar-refractivity contribution in [3.63, 3.8) is 0 Å². The largest absolute Gasteiger partial charge is 0.480 e. The van der Waals surface area contributed by atoms with Gasteiger partial charge in [0.05, 0.1) is 19.3 Å². The minimum absolute atomic E-state index is 0.114. The molecule has 0 saturated carbocycles. The Balaban J connectivity index is 2.74. The first kappa shape index (κ1) is 22.2. The number of amides is 3. The van der Waals surface area contributed by atoms with Gasteiger partial charge in [-0.05, 0) is 12.8 Å². The highest BCUT2D eigenvalue weighted by Crippen LogP contribution is 2.18. The number of hydrogen-bond donors (Lipinski definition) is 7. The van der Waals surface area contributed by atoms with E-state index >= 15 is 0 Å². The molecule has 0 aromatic heterocycles. The minimum Gasteiger partial charge on any atom is -0.480 e. The van der Waals surface area contributed by atoms with Gasteiger partial charge >= 0.3 is 5.97 Å². The Bertz CT molecular complexity index is 547. The van der Waals surface area contributed by atoms with E-state index < -0.39 is 61.1 Å². The van der Waals surface area contributed by atoms with Crippen LogP contribution in [0.1, 0.15) is 12.8 Å². The summed E-state index contributed by atoms with van der Waals surface area (Å²) >= 11 is 3.96. The molecule has 148 valence electrons. The number of likely N-dealkylation sites (tertiary alicyclic amines) is 1. The summed E-state index contributed by atoms with van der Waals surface area (Å²) in [5, 5.41) is 31.3. The third-order valence-corrected chi connectivity index (χ3v) is 4.36. The van der Waals surface area contributed by atoms with Gasteiger partial charge in [0.15, 0.2) is 0 Å². The standard InChI is InChI=1S/C14H24N4O7S/c15-7(6-26)13(23)18-3-1-2-10(18)12(22)16-8(4-19)11(21)17-9(5-20)14(24)25/h7-10,19-20,26H,1-6,15H2,(H,16,22)(H,17,21)(H,24,25). The summed E-state index contributed by atoms with van der Waals surface area (Å²) in [6, 6.07) is -4.69. The number of aliphatic carboxylic acids is 1. The molecule has 0 aliphatic carbocycles. The van der Waals surface area contributed by atoms with Crippen LogP contribution in [0.2, 0.25) is 0 Å². The van der Waals surface area contributed by atoms with E-state index in [1.54, 1.807) is 0 Å². The number of nitrogens with zero attached hydrogens (tertiary/aromatic N) is 1. The van der Waals surface area contributed by atoms with Crippen molar-refractivity contribution in [1.82, 2.24) is 15.5 Å². The van der Waals surface area contributed by atoms with Crippen molar-refractivity contribution >= 4 is 36.3 Å². The zero-order valence-corrected chi connectivity index (χ0v) is 14.9. The molecule has 1 fully saturated rings. The van der Waals surface area contributed by atoms with Gasteiger partial charge < -0.3 is 36.6 Å². The fourth-order valence-electron chi connectivity index (χ4n) is 2.51. The third-order valence-electron chi connectivity index (χ3n) is 3.97. The van der Waals surface area contributed by atoms with Gasteiger partial charge in [0.2, 0.25) is 17.7 Å². The first-order chi connectivity index (χ1) is 12.3. The Hall–Kier alpha value is -1.89. The lowest BCUT2D eigenvalue weighted by Gasteiger charge is -2.27. The summed E-state index contributed by atoms with van der Waals surface area (Å²) in [6.45, 7) is -1.30. The van der Waals surface area contributed by atoms with Crippen molar-refractivity contribution in [2.24, 2.45) is 5.73 Å². The molecule has 0 aromatic rings. The smallest absolute Gasteiger partial charge is 0.328 e. The molecule has 1 heterocycles. The van der Waals surface area contributed by atoms with Gasteiger partial charge in [-0.3, -0.25) is 14.4 Å². The van der Waals surface area contributed by atoms with E-state index in [1.165, 1.54) is 4.90 Å². The van der Waals surface area contributed by atoms with Crippen LogP contribution < -0.4 is 16.4 Å². The molecule has 0 bridgehead atoms. The first-order valence-corrected chi connectivity index (χ1v) is 8.62. The monoisotopic (exact) mass is 392 g/mol. The van der Waals surface area contributed by atoms with Gasteiger partial charge in [-0.15, -0.1) is 0 Å². The first-order valence-electron chi connectivity index (χ1n) is 7.99. The number of hydrogen-bond acceptors (Lipinski definition) is 8. The van der Waals surface area contributed by atoms with Gasteiger partial charge in [-0.2, -0.15) is 12.6 Å². The van der Waals surface area contributed by atoms with Crippen molar-refractivity contribution in [3.8, 4) is 0 Å². The molecule has 7 N–H and O–H groups in total. The highest BCUT2D eigenvalue weighted by atomic mass is 32.1. The maximum atomic E-state index is 12.4. The summed E-state index contributed by atoms with van der Waals surface area (Å²) in [6.07, 6.45) is 0.940. The Morgan fingerprint density at radius 3 is 2.27 bits per heavy atom. The minimum atomic E-state index is -1.56. The van der Waals surface area contributed by atoms with Gasteiger partial charge in [0, 0.05) is 12.3 Å². The van der Waals surface area contributed by atoms with Crippen molar-refractivity contribution in [2.75, 3.05) is 25.5 Å². The quantitative estimate of drug-likeness (QED) is 0.195. The molecule has 0 aromatic carbocycles. The number of aliphatic hydroxyl groups excluding tert-OH is 2. The molecule has 1 aliphatic heterocycles. The molecule has 12 heteroatoms. The highest BCUT2D eigenvalue weighted by molar-refractivity contribution is 7.80. The van der Waals surface area contributed by atoms with Crippen LogP contribution in [0, 0.1) is 0 Å². The average molecular weight is 392 g/mol. The Morgan fingerprint density at radius 1 is 1.15 bits per heavy atom. The Labute approximate surface area is 155 Å². The number of nitrogens with two attached hydrogens (primary N) is 1. The van der Waals surface area contributed by atoms with E-state index in [0.29, 0.717) is 19.4 Å². The summed E-state index contributed by atoms with van der Waals surface area (Å²) in [7, 11) is 0. The van der Waals surface area contributed by atoms with E-state index in [4.69, 9.17) is 15.9 Å². The molecular formula is C14H24N4O7S. The van der Waals surface area contributed by atoms with E-state index in [0.717, 1.165) is 0 Å². The molecule has 3 amide bonds. The van der Waals surface area contributed by atoms with E-state index in [2.05, 4.69) is 17.9 Å². The lowest BCUT2D eigenvalue weighted by Crippen LogP contribution is -2.58. The van der Waals surface area contributed by atoms with Crippen molar-refractivity contribution in [2.45, 2.75) is 37.0 Å². The summed E-state index contributed by atoms with van der Waals surface area (Å²) in [5.41, 5.74) is 5.65. The maximum Gasteiger partial charge on any atom is 0.328 e. The molecule has 0 radical (unpaired) electrons. The van der Waals surface area contributed by atoms with Crippen LogP contribution >= 0.6 is 12.6 Å². The molecule has 26 heavy (non-hydrogen) atoms. The molecule has 1 aliphatic rings. The number of nitrogens with one attached hydrogen (secondary N) is 2. The van der Waals surface area contributed by atoms with Crippen molar-refractivity contribution in [3.05, 3.63) is 0 Å². The van der Waals surface area contributed by atoms with Crippen LogP contribution in [0.3, 0.4) is 0 Å². The lowest BCUT2D eigenvalue weighted by molar-refractivity contribution is -0.144. The second-order valence-electron chi connectivity index (χ2n) is 5.80. The topological polar surface area (TPSA) is 182 Å². The normalized spacial score (nSPS) is 20.2. The summed E-state index contributed by atoms with van der Waals surface area (Å²) in [5.74, 6) is -3.41. The summed E-state index contributed by atoms with van der Waals surface area (Å²) < 4.78 is 0. The fraction of sp³-hybridized carbons (Fsp3) is 0.714. The fourth-order valence-corrected chi connectivity index (χ4v) is 2.67. The number of carboxylic acid groups (broad SMARTS) is 1. The molecule has 1 rings (SSSR count). The highest BCUT2D eigenvalue weighted by Gasteiger charge is 2.37. The zero-order valence-electron chi connectivity index (χ0n) is 14.0. The number of aliphatic hydroxyl groups is 2. The van der Waals surface area contributed by atoms with Gasteiger partial charge in [-0.1, -0.05) is 0 Å². The number of rotatable bonds is 9. The maximum absolute atomic E-state index is 12.4. The Morgan fingerprint density at radius 2 is 1.77 bits per heavy atom. The van der Waals surface area contributed by atoms with E-state index in [-0.39, 0.29) is 5.75 Å². The van der Waals surface area contributed by atoms with Crippen LogP contribution in [-0.4, -0.2) is 93.6 Å². The number of carbonyl (C=O) groups is 4. The number of thiol groups is 1. The Kier molecular flexibility index (Phi) is 8.78. The van der Waals surface area contributed by atoms with Crippen molar-refractivity contribution in [1.29, 1.82) is 0 Å². The predicted octanol–water partition coefficient (Wildman–Crippen LogP) is -3.73. The van der Waals surface area contributed by atoms with E-state index in [1.807, 2.05) is 5.32 Å². The third kappa shape index (κ3) is 5.56. The van der Waals surface area contributed by atoms with Crippen LogP contribution in [0.25, 0.3) is 0 Å². The van der Waals surface area contributed by atoms with Crippen LogP contribution in [-0.2, 0) is 19.2 Å². The number of carbonyl (C=O) groups excluding carboxylic acids is 3. The van der Waals surface area contributed by atoms with Gasteiger partial charge in [-0.25, -0.2) is 4.79 Å².